The third-order valence-electron chi connectivity index (χ3n) is 4.16. The molecule has 0 radical (unpaired) electrons. The Morgan fingerprint density at radius 2 is 1.30 bits per heavy atom. The normalized spacial score (nSPS) is 10.9. The summed E-state index contributed by atoms with van der Waals surface area (Å²) in [5.41, 5.74) is -0.0112. The molecule has 2 rings (SSSR count). The molecule has 0 heterocycles. The first-order valence-corrected chi connectivity index (χ1v) is 10.1. The fourth-order valence-corrected chi connectivity index (χ4v) is 3.50. The molecule has 0 saturated carbocycles. The summed E-state index contributed by atoms with van der Waals surface area (Å²) >= 11 is 2.07. The molecule has 0 bridgehead atoms. The molecule has 2 aromatic rings. The van der Waals surface area contributed by atoms with Crippen LogP contribution in [-0.2, 0) is 37.1 Å². The number of carbonyl (C=O) groups is 3. The van der Waals surface area contributed by atoms with Crippen LogP contribution in [-0.4, -0.2) is 22.7 Å². The van der Waals surface area contributed by atoms with Crippen LogP contribution in [0.5, 0.6) is 0 Å². The van der Waals surface area contributed by atoms with Gasteiger partial charge in [0.25, 0.3) is 0 Å². The van der Waals surface area contributed by atoms with Crippen molar-refractivity contribution in [1.29, 1.82) is 0 Å². The minimum atomic E-state index is -1.62. The smallest absolute Gasteiger partial charge is 0.324 e. The Labute approximate surface area is 172 Å². The molecule has 0 saturated heterocycles. The molecule has 0 fully saturated rings. The molecule has 0 amide bonds. The summed E-state index contributed by atoms with van der Waals surface area (Å²) in [7, 11) is 0. The van der Waals surface area contributed by atoms with Gasteiger partial charge in [0.2, 0.25) is 0 Å². The van der Waals surface area contributed by atoms with E-state index in [-0.39, 0.29) is 26.1 Å². The second-order valence-corrected chi connectivity index (χ2v) is 7.09. The Hall–Kier alpha value is -2.22. The largest absolute Gasteiger partial charge is 0.460 e. The van der Waals surface area contributed by atoms with Gasteiger partial charge in [0.15, 0.2) is 5.41 Å². The summed E-state index contributed by atoms with van der Waals surface area (Å²) in [6.07, 6.45) is 0.477. The summed E-state index contributed by atoms with van der Waals surface area (Å²) in [6.45, 7) is 0.0704. The van der Waals surface area contributed by atoms with Gasteiger partial charge in [-0.15, -0.1) is 0 Å². The molecular weight excluding hydrogens is 459 g/mol. The molecular formula is C21H21IO5. The minimum absolute atomic E-state index is 0.0352. The predicted octanol–water partition coefficient (Wildman–Crippen LogP) is 3.87. The van der Waals surface area contributed by atoms with Gasteiger partial charge in [0, 0.05) is 10.8 Å². The van der Waals surface area contributed by atoms with Gasteiger partial charge in [-0.2, -0.15) is 0 Å². The van der Waals surface area contributed by atoms with Crippen LogP contribution in [0.25, 0.3) is 0 Å². The first-order chi connectivity index (χ1) is 13.1. The Morgan fingerprint density at radius 1 is 0.852 bits per heavy atom. The molecule has 6 heteroatoms. The maximum Gasteiger partial charge on any atom is 0.324 e. The Balaban J connectivity index is 2.12. The molecule has 0 aliphatic rings. The first kappa shape index (κ1) is 21.1. The van der Waals surface area contributed by atoms with Crippen LogP contribution in [0.1, 0.15) is 24.0 Å². The van der Waals surface area contributed by atoms with Crippen molar-refractivity contribution in [2.45, 2.75) is 26.1 Å². The number of benzene rings is 2. The van der Waals surface area contributed by atoms with Gasteiger partial charge in [-0.25, -0.2) is 0 Å². The lowest BCUT2D eigenvalue weighted by molar-refractivity contribution is -0.175. The third-order valence-corrected chi connectivity index (χ3v) is 4.70. The molecule has 0 aliphatic carbocycles. The summed E-state index contributed by atoms with van der Waals surface area (Å²) < 4.78 is 11.2. The Morgan fingerprint density at radius 3 is 1.67 bits per heavy atom. The van der Waals surface area contributed by atoms with E-state index in [9.17, 15) is 14.4 Å². The minimum Gasteiger partial charge on any atom is -0.460 e. The lowest BCUT2D eigenvalue weighted by Crippen LogP contribution is -2.42. The summed E-state index contributed by atoms with van der Waals surface area (Å²) in [6, 6.07) is 18.3. The zero-order valence-corrected chi connectivity index (χ0v) is 17.0. The number of rotatable bonds is 10. The van der Waals surface area contributed by atoms with E-state index in [1.807, 2.05) is 60.7 Å². The molecule has 142 valence electrons. The SMILES string of the molecule is O=CCC(CCI)(C(=O)OCc1ccccc1)C(=O)OCc1ccccc1. The average Bonchev–Trinajstić information content (AvgIpc) is 2.71. The van der Waals surface area contributed by atoms with Crippen LogP contribution in [0.3, 0.4) is 0 Å². The van der Waals surface area contributed by atoms with Gasteiger partial charge in [0.1, 0.15) is 19.5 Å². The van der Waals surface area contributed by atoms with Crippen molar-refractivity contribution in [1.82, 2.24) is 0 Å². The van der Waals surface area contributed by atoms with Crippen LogP contribution < -0.4 is 0 Å². The van der Waals surface area contributed by atoms with Gasteiger partial charge in [0.05, 0.1) is 0 Å². The lowest BCUT2D eigenvalue weighted by atomic mass is 9.82. The van der Waals surface area contributed by atoms with Crippen molar-refractivity contribution in [3.8, 4) is 0 Å². The van der Waals surface area contributed by atoms with Crippen LogP contribution in [0, 0.1) is 5.41 Å². The highest BCUT2D eigenvalue weighted by molar-refractivity contribution is 14.1. The number of carbonyl (C=O) groups excluding carboxylic acids is 3. The van der Waals surface area contributed by atoms with Crippen molar-refractivity contribution in [2.24, 2.45) is 5.41 Å². The number of esters is 2. The van der Waals surface area contributed by atoms with Crippen molar-refractivity contribution in [2.75, 3.05) is 4.43 Å². The Bertz CT molecular complexity index is 690. The van der Waals surface area contributed by atoms with E-state index in [1.165, 1.54) is 0 Å². The fraction of sp³-hybridized carbons (Fsp3) is 0.286. The molecule has 0 atom stereocenters. The molecule has 27 heavy (non-hydrogen) atoms. The van der Waals surface area contributed by atoms with E-state index in [2.05, 4.69) is 22.6 Å². The quantitative estimate of drug-likeness (QED) is 0.170. The first-order valence-electron chi connectivity index (χ1n) is 8.54. The second kappa shape index (κ2) is 10.8. The molecule has 0 unspecified atom stereocenters. The second-order valence-electron chi connectivity index (χ2n) is 6.02. The van der Waals surface area contributed by atoms with E-state index in [1.54, 1.807) is 0 Å². The molecule has 2 aromatic carbocycles. The topological polar surface area (TPSA) is 69.7 Å². The summed E-state index contributed by atoms with van der Waals surface area (Å²) in [5, 5.41) is 0. The van der Waals surface area contributed by atoms with E-state index < -0.39 is 17.4 Å². The van der Waals surface area contributed by atoms with Gasteiger partial charge in [-0.1, -0.05) is 83.3 Å². The molecule has 0 spiro atoms. The number of hydrogen-bond acceptors (Lipinski definition) is 5. The molecule has 5 nitrogen and oxygen atoms in total. The van der Waals surface area contributed by atoms with Crippen molar-refractivity contribution < 1.29 is 23.9 Å². The van der Waals surface area contributed by atoms with Crippen LogP contribution >= 0.6 is 22.6 Å². The number of ether oxygens (including phenoxy) is 2. The maximum atomic E-state index is 12.8. The van der Waals surface area contributed by atoms with E-state index in [4.69, 9.17) is 9.47 Å². The summed E-state index contributed by atoms with van der Waals surface area (Å²) in [5.74, 6) is -1.46. The van der Waals surface area contributed by atoms with Crippen molar-refractivity contribution >= 4 is 40.8 Å². The zero-order valence-electron chi connectivity index (χ0n) is 14.8. The number of halogens is 1. The van der Waals surface area contributed by atoms with Crippen LogP contribution in [0.2, 0.25) is 0 Å². The highest BCUT2D eigenvalue weighted by atomic mass is 127. The van der Waals surface area contributed by atoms with Gasteiger partial charge in [-0.3, -0.25) is 9.59 Å². The Kier molecular flexibility index (Phi) is 8.44. The number of alkyl halides is 1. The standard InChI is InChI=1S/C21H21IO5/c22-13-11-21(12-14-23,19(24)26-15-17-7-3-1-4-8-17)20(25)27-16-18-9-5-2-6-10-18/h1-10,14H,11-13,15-16H2. The molecule has 0 N–H and O–H groups in total. The summed E-state index contributed by atoms with van der Waals surface area (Å²) in [4.78, 5) is 36.8. The van der Waals surface area contributed by atoms with Crippen LogP contribution in [0.4, 0.5) is 0 Å². The predicted molar refractivity (Wildman–Crippen MR) is 109 cm³/mol. The highest BCUT2D eigenvalue weighted by Crippen LogP contribution is 2.31. The average molecular weight is 480 g/mol. The fourth-order valence-electron chi connectivity index (χ4n) is 2.58. The van der Waals surface area contributed by atoms with Crippen molar-refractivity contribution in [3.63, 3.8) is 0 Å². The van der Waals surface area contributed by atoms with Gasteiger partial charge >= 0.3 is 11.9 Å². The van der Waals surface area contributed by atoms with Gasteiger partial charge < -0.3 is 14.3 Å². The molecule has 0 aromatic heterocycles. The lowest BCUT2D eigenvalue weighted by Gasteiger charge is -2.27. The van der Waals surface area contributed by atoms with Crippen molar-refractivity contribution in [3.05, 3.63) is 71.8 Å². The van der Waals surface area contributed by atoms with E-state index >= 15 is 0 Å². The number of hydrogen-bond donors (Lipinski definition) is 0. The maximum absolute atomic E-state index is 12.8. The highest BCUT2D eigenvalue weighted by Gasteiger charge is 2.48. The third kappa shape index (κ3) is 5.89. The van der Waals surface area contributed by atoms with E-state index in [0.29, 0.717) is 10.7 Å². The molecule has 0 aliphatic heterocycles. The zero-order chi connectivity index (χ0) is 19.5. The van der Waals surface area contributed by atoms with Crippen LogP contribution in [0.15, 0.2) is 60.7 Å². The van der Waals surface area contributed by atoms with E-state index in [0.717, 1.165) is 11.1 Å². The van der Waals surface area contributed by atoms with Gasteiger partial charge in [-0.05, 0) is 17.5 Å². The monoisotopic (exact) mass is 480 g/mol. The number of aldehydes is 1.